The van der Waals surface area contributed by atoms with Crippen LogP contribution < -0.4 is 14.8 Å². The van der Waals surface area contributed by atoms with Gasteiger partial charge in [-0.25, -0.2) is 8.42 Å². The molecule has 0 aromatic heterocycles. The summed E-state index contributed by atoms with van der Waals surface area (Å²) in [5.41, 5.74) is 2.53. The number of halogens is 1. The Bertz CT molecular complexity index is 1220. The number of carbonyl (C=O) groups excluding carboxylic acids is 1. The summed E-state index contributed by atoms with van der Waals surface area (Å²) < 4.78 is 33.0. The minimum atomic E-state index is -3.79. The number of sulfonamides is 1. The van der Waals surface area contributed by atoms with Crippen LogP contribution in [0.2, 0.25) is 5.02 Å². The Morgan fingerprint density at radius 2 is 1.71 bits per heavy atom. The maximum absolute atomic E-state index is 12.6. The molecule has 0 radical (unpaired) electrons. The zero-order chi connectivity index (χ0) is 22.4. The first kappa shape index (κ1) is 22.4. The molecule has 0 saturated heterocycles. The summed E-state index contributed by atoms with van der Waals surface area (Å²) in [5.74, 6) is 0.0746. The van der Waals surface area contributed by atoms with E-state index in [0.717, 1.165) is 5.56 Å². The molecular weight excluding hydrogens is 436 g/mol. The topological polar surface area (TPSA) is 84.5 Å². The molecule has 0 unspecified atom stereocenters. The second-order valence-electron chi connectivity index (χ2n) is 6.68. The third-order valence-corrected chi connectivity index (χ3v) is 6.05. The molecule has 0 aliphatic heterocycles. The Labute approximate surface area is 186 Å². The van der Waals surface area contributed by atoms with Gasteiger partial charge in [-0.1, -0.05) is 41.9 Å². The standard InChI is InChI=1S/C23H21ClN2O4S/c1-16-7-13-20(19(24)15-16)25-23(27)14-10-17-8-11-18(12-9-17)31(28,29)26-21-5-3-4-6-22(21)30-2/h3-15,26H,1-2H3,(H,25,27)/b14-10+. The van der Waals surface area contributed by atoms with Crippen LogP contribution in [0.25, 0.3) is 6.08 Å². The molecule has 6 nitrogen and oxygen atoms in total. The van der Waals surface area contributed by atoms with Gasteiger partial charge in [0.2, 0.25) is 5.91 Å². The van der Waals surface area contributed by atoms with Crippen LogP contribution >= 0.6 is 11.6 Å². The highest BCUT2D eigenvalue weighted by atomic mass is 35.5. The zero-order valence-corrected chi connectivity index (χ0v) is 18.5. The van der Waals surface area contributed by atoms with Crippen molar-refractivity contribution in [2.75, 3.05) is 17.1 Å². The number of rotatable bonds is 7. The van der Waals surface area contributed by atoms with Crippen molar-refractivity contribution < 1.29 is 17.9 Å². The quantitative estimate of drug-likeness (QED) is 0.484. The molecular formula is C23H21ClN2O4S. The van der Waals surface area contributed by atoms with E-state index in [1.54, 1.807) is 54.6 Å². The summed E-state index contributed by atoms with van der Waals surface area (Å²) in [5, 5.41) is 3.16. The van der Waals surface area contributed by atoms with Crippen LogP contribution in [-0.4, -0.2) is 21.4 Å². The van der Waals surface area contributed by atoms with Crippen LogP contribution in [0.15, 0.2) is 77.7 Å². The molecule has 0 atom stereocenters. The lowest BCUT2D eigenvalue weighted by molar-refractivity contribution is -0.111. The van der Waals surface area contributed by atoms with E-state index in [1.807, 2.05) is 13.0 Å². The maximum Gasteiger partial charge on any atom is 0.262 e. The molecule has 0 aliphatic carbocycles. The molecule has 3 aromatic rings. The smallest absolute Gasteiger partial charge is 0.262 e. The Morgan fingerprint density at radius 1 is 1.00 bits per heavy atom. The Balaban J connectivity index is 1.68. The van der Waals surface area contributed by atoms with Crippen molar-refractivity contribution in [1.29, 1.82) is 0 Å². The van der Waals surface area contributed by atoms with Crippen LogP contribution in [0.5, 0.6) is 5.75 Å². The Hall–Kier alpha value is -3.29. The van der Waals surface area contributed by atoms with Gasteiger partial charge in [-0.15, -0.1) is 0 Å². The number of hydrogen-bond donors (Lipinski definition) is 2. The molecule has 0 fully saturated rings. The molecule has 0 heterocycles. The number of methoxy groups -OCH3 is 1. The van der Waals surface area contributed by atoms with E-state index in [0.29, 0.717) is 27.7 Å². The van der Waals surface area contributed by atoms with Gasteiger partial charge in [0, 0.05) is 6.08 Å². The number of amides is 1. The molecule has 0 bridgehead atoms. The van der Waals surface area contributed by atoms with Gasteiger partial charge in [0.25, 0.3) is 10.0 Å². The number of aryl methyl sites for hydroxylation is 1. The average molecular weight is 457 g/mol. The summed E-state index contributed by atoms with van der Waals surface area (Å²) in [6, 6.07) is 18.2. The van der Waals surface area contributed by atoms with E-state index in [9.17, 15) is 13.2 Å². The van der Waals surface area contributed by atoms with Crippen molar-refractivity contribution in [3.8, 4) is 5.75 Å². The predicted molar refractivity (Wildman–Crippen MR) is 124 cm³/mol. The van der Waals surface area contributed by atoms with Crippen molar-refractivity contribution in [3.63, 3.8) is 0 Å². The fourth-order valence-electron chi connectivity index (χ4n) is 2.76. The molecule has 160 valence electrons. The van der Waals surface area contributed by atoms with Crippen LogP contribution in [0.3, 0.4) is 0 Å². The summed E-state index contributed by atoms with van der Waals surface area (Å²) in [6.07, 6.45) is 2.94. The van der Waals surface area contributed by atoms with Gasteiger partial charge in [-0.05, 0) is 60.5 Å². The maximum atomic E-state index is 12.6. The van der Waals surface area contributed by atoms with Crippen molar-refractivity contribution >= 4 is 45.0 Å². The SMILES string of the molecule is COc1ccccc1NS(=O)(=O)c1ccc(/C=C/C(=O)Nc2ccc(C)cc2Cl)cc1. The molecule has 1 amide bonds. The molecule has 31 heavy (non-hydrogen) atoms. The van der Waals surface area contributed by atoms with Gasteiger partial charge < -0.3 is 10.1 Å². The largest absolute Gasteiger partial charge is 0.495 e. The average Bonchev–Trinajstić information content (AvgIpc) is 2.75. The number of benzene rings is 3. The molecule has 3 aromatic carbocycles. The highest BCUT2D eigenvalue weighted by Gasteiger charge is 2.16. The van der Waals surface area contributed by atoms with Gasteiger partial charge in [-0.2, -0.15) is 0 Å². The monoisotopic (exact) mass is 456 g/mol. The molecule has 8 heteroatoms. The van der Waals surface area contributed by atoms with Gasteiger partial charge in [0.05, 0.1) is 28.4 Å². The predicted octanol–water partition coefficient (Wildman–Crippen LogP) is 5.11. The second-order valence-corrected chi connectivity index (χ2v) is 8.77. The van der Waals surface area contributed by atoms with E-state index in [4.69, 9.17) is 16.3 Å². The summed E-state index contributed by atoms with van der Waals surface area (Å²) in [4.78, 5) is 12.2. The zero-order valence-electron chi connectivity index (χ0n) is 16.9. The van der Waals surface area contributed by atoms with E-state index >= 15 is 0 Å². The Morgan fingerprint density at radius 3 is 2.39 bits per heavy atom. The van der Waals surface area contributed by atoms with Crippen LogP contribution in [0.4, 0.5) is 11.4 Å². The van der Waals surface area contributed by atoms with E-state index in [1.165, 1.54) is 25.3 Å². The first-order valence-corrected chi connectivity index (χ1v) is 11.2. The molecule has 3 rings (SSSR count). The fraction of sp³-hybridized carbons (Fsp3) is 0.0870. The number of para-hydroxylation sites is 2. The van der Waals surface area contributed by atoms with Crippen LogP contribution in [-0.2, 0) is 14.8 Å². The summed E-state index contributed by atoms with van der Waals surface area (Å²) in [7, 11) is -2.32. The van der Waals surface area contributed by atoms with E-state index < -0.39 is 10.0 Å². The molecule has 0 saturated carbocycles. The molecule has 0 aliphatic rings. The van der Waals surface area contributed by atoms with Crippen molar-refractivity contribution in [2.24, 2.45) is 0 Å². The number of hydrogen-bond acceptors (Lipinski definition) is 4. The highest BCUT2D eigenvalue weighted by Crippen LogP contribution is 2.26. The second kappa shape index (κ2) is 9.68. The third-order valence-electron chi connectivity index (χ3n) is 4.35. The van der Waals surface area contributed by atoms with Crippen LogP contribution in [0, 0.1) is 6.92 Å². The normalized spacial score (nSPS) is 11.3. The van der Waals surface area contributed by atoms with E-state index in [-0.39, 0.29) is 10.8 Å². The third kappa shape index (κ3) is 5.87. The first-order chi connectivity index (χ1) is 14.8. The van der Waals surface area contributed by atoms with Crippen molar-refractivity contribution in [2.45, 2.75) is 11.8 Å². The number of ether oxygens (including phenoxy) is 1. The minimum Gasteiger partial charge on any atom is -0.495 e. The lowest BCUT2D eigenvalue weighted by atomic mass is 10.2. The van der Waals surface area contributed by atoms with Gasteiger partial charge >= 0.3 is 0 Å². The van der Waals surface area contributed by atoms with Crippen molar-refractivity contribution in [3.05, 3.63) is 89.0 Å². The number of anilines is 2. The number of nitrogens with one attached hydrogen (secondary N) is 2. The van der Waals surface area contributed by atoms with Crippen LogP contribution in [0.1, 0.15) is 11.1 Å². The first-order valence-electron chi connectivity index (χ1n) is 9.29. The van der Waals surface area contributed by atoms with Gasteiger partial charge in [0.1, 0.15) is 5.75 Å². The van der Waals surface area contributed by atoms with E-state index in [2.05, 4.69) is 10.0 Å². The fourth-order valence-corrected chi connectivity index (χ4v) is 4.11. The summed E-state index contributed by atoms with van der Waals surface area (Å²) >= 11 is 6.12. The highest BCUT2D eigenvalue weighted by molar-refractivity contribution is 7.92. The Kier molecular flexibility index (Phi) is 6.99. The van der Waals surface area contributed by atoms with Gasteiger partial charge in [0.15, 0.2) is 0 Å². The lowest BCUT2D eigenvalue weighted by Crippen LogP contribution is -2.13. The lowest BCUT2D eigenvalue weighted by Gasteiger charge is -2.11. The van der Waals surface area contributed by atoms with Gasteiger partial charge in [-0.3, -0.25) is 9.52 Å². The molecule has 2 N–H and O–H groups in total. The number of carbonyl (C=O) groups is 1. The molecule has 0 spiro atoms. The summed E-state index contributed by atoms with van der Waals surface area (Å²) in [6.45, 7) is 1.91. The minimum absolute atomic E-state index is 0.0893. The van der Waals surface area contributed by atoms with Crippen molar-refractivity contribution in [1.82, 2.24) is 0 Å².